The number of fused-ring (bicyclic) bond motifs is 1. The van der Waals surface area contributed by atoms with Gasteiger partial charge in [-0.3, -0.25) is 4.79 Å². The molecular formula is C23H29ClN4O. The topological polar surface area (TPSA) is 59.8 Å². The van der Waals surface area contributed by atoms with Gasteiger partial charge < -0.3 is 5.32 Å². The Bertz CT molecular complexity index is 1090. The molecule has 0 radical (unpaired) electrons. The average Bonchev–Trinajstić information content (AvgIpc) is 2.94. The number of nitrogens with one attached hydrogen (secondary N) is 1. The predicted octanol–water partition coefficient (Wildman–Crippen LogP) is 5.64. The molecule has 0 aliphatic heterocycles. The van der Waals surface area contributed by atoms with Crippen LogP contribution in [0.2, 0.25) is 5.02 Å². The van der Waals surface area contributed by atoms with Crippen LogP contribution in [-0.2, 0) is 16.8 Å². The van der Waals surface area contributed by atoms with Crippen molar-refractivity contribution in [1.29, 1.82) is 0 Å². The number of rotatable bonds is 4. The molecule has 2 aromatic heterocycles. The van der Waals surface area contributed by atoms with E-state index in [4.69, 9.17) is 21.7 Å². The molecule has 0 bridgehead atoms. The van der Waals surface area contributed by atoms with E-state index in [0.717, 1.165) is 44.8 Å². The van der Waals surface area contributed by atoms with Gasteiger partial charge in [-0.15, -0.1) is 0 Å². The van der Waals surface area contributed by atoms with E-state index >= 15 is 0 Å². The number of nitrogens with zero attached hydrogens (tertiary/aromatic N) is 3. The molecule has 0 saturated heterocycles. The zero-order valence-electron chi connectivity index (χ0n) is 18.3. The zero-order valence-corrected chi connectivity index (χ0v) is 19.0. The van der Waals surface area contributed by atoms with Crippen molar-refractivity contribution in [2.75, 3.05) is 5.32 Å². The lowest BCUT2D eigenvalue weighted by Gasteiger charge is -2.20. The fraction of sp³-hybridized carbons (Fsp3) is 0.435. The summed E-state index contributed by atoms with van der Waals surface area (Å²) >= 11 is 6.05. The van der Waals surface area contributed by atoms with E-state index in [9.17, 15) is 4.79 Å². The first kappa shape index (κ1) is 21.3. The van der Waals surface area contributed by atoms with Crippen LogP contribution in [-0.4, -0.2) is 20.7 Å². The number of benzene rings is 1. The Morgan fingerprint density at radius 1 is 1.14 bits per heavy atom. The second-order valence-corrected chi connectivity index (χ2v) is 9.11. The molecule has 0 aliphatic rings. The van der Waals surface area contributed by atoms with Gasteiger partial charge >= 0.3 is 0 Å². The van der Waals surface area contributed by atoms with Crippen molar-refractivity contribution in [2.24, 2.45) is 0 Å². The molecule has 6 heteroatoms. The maximum atomic E-state index is 12.5. The van der Waals surface area contributed by atoms with Gasteiger partial charge in [-0.05, 0) is 83.7 Å². The van der Waals surface area contributed by atoms with Gasteiger partial charge in [0.1, 0.15) is 0 Å². The van der Waals surface area contributed by atoms with E-state index < -0.39 is 0 Å². The van der Waals surface area contributed by atoms with Crippen molar-refractivity contribution in [3.05, 3.63) is 51.3 Å². The zero-order chi connectivity index (χ0) is 21.5. The summed E-state index contributed by atoms with van der Waals surface area (Å²) in [5.74, 6) is -0.0311. The quantitative estimate of drug-likeness (QED) is 0.602. The van der Waals surface area contributed by atoms with Gasteiger partial charge in [0.05, 0.1) is 11.2 Å². The van der Waals surface area contributed by atoms with E-state index in [1.54, 1.807) is 6.07 Å². The van der Waals surface area contributed by atoms with E-state index in [1.165, 1.54) is 0 Å². The highest BCUT2D eigenvalue weighted by Gasteiger charge is 2.23. The highest BCUT2D eigenvalue weighted by Crippen LogP contribution is 2.30. The Kier molecular flexibility index (Phi) is 5.72. The predicted molar refractivity (Wildman–Crippen MR) is 120 cm³/mol. The molecule has 154 valence electrons. The summed E-state index contributed by atoms with van der Waals surface area (Å²) < 4.78 is 2.00. The van der Waals surface area contributed by atoms with Gasteiger partial charge in [0, 0.05) is 28.2 Å². The third-order valence-electron chi connectivity index (χ3n) is 5.29. The molecule has 0 aliphatic carbocycles. The minimum Gasteiger partial charge on any atom is -0.326 e. The molecule has 1 N–H and O–H groups in total. The Balaban J connectivity index is 1.86. The fourth-order valence-corrected chi connectivity index (χ4v) is 3.89. The number of hydrogen-bond donors (Lipinski definition) is 1. The van der Waals surface area contributed by atoms with Crippen LogP contribution in [0, 0.1) is 27.7 Å². The van der Waals surface area contributed by atoms with Crippen LogP contribution in [0.15, 0.2) is 18.2 Å². The summed E-state index contributed by atoms with van der Waals surface area (Å²) in [6.07, 6.45) is 1.01. The Morgan fingerprint density at radius 3 is 2.48 bits per heavy atom. The summed E-state index contributed by atoms with van der Waals surface area (Å²) in [6, 6.07) is 5.50. The van der Waals surface area contributed by atoms with Gasteiger partial charge in [-0.1, -0.05) is 17.7 Å². The molecule has 2 heterocycles. The Morgan fingerprint density at radius 2 is 1.83 bits per heavy atom. The number of pyridine rings is 1. The Hall–Kier alpha value is -2.40. The van der Waals surface area contributed by atoms with Gasteiger partial charge in [0.25, 0.3) is 0 Å². The van der Waals surface area contributed by atoms with Crippen LogP contribution >= 0.6 is 11.6 Å². The van der Waals surface area contributed by atoms with Crippen molar-refractivity contribution < 1.29 is 4.79 Å². The molecule has 0 unspecified atom stereocenters. The normalized spacial score (nSPS) is 11.9. The highest BCUT2D eigenvalue weighted by atomic mass is 35.5. The number of halogens is 1. The maximum Gasteiger partial charge on any atom is 0.224 e. The fourth-order valence-electron chi connectivity index (χ4n) is 3.72. The second kappa shape index (κ2) is 7.79. The minimum atomic E-state index is -0.144. The van der Waals surface area contributed by atoms with Crippen molar-refractivity contribution >= 4 is 34.2 Å². The largest absolute Gasteiger partial charge is 0.326 e. The maximum absolute atomic E-state index is 12.5. The SMILES string of the molecule is Cc1ccc(Cl)cc1NC(=O)CCc1c(C)nc2c(c(C)nn2C(C)(C)C)c1C. The number of carbonyl (C=O) groups excluding carboxylic acids is 1. The molecule has 29 heavy (non-hydrogen) atoms. The number of aromatic nitrogens is 3. The van der Waals surface area contributed by atoms with Crippen LogP contribution < -0.4 is 5.32 Å². The smallest absolute Gasteiger partial charge is 0.224 e. The van der Waals surface area contributed by atoms with Crippen LogP contribution in [0.25, 0.3) is 11.0 Å². The lowest BCUT2D eigenvalue weighted by Crippen LogP contribution is -2.23. The van der Waals surface area contributed by atoms with Crippen LogP contribution in [0.5, 0.6) is 0 Å². The van der Waals surface area contributed by atoms with Crippen molar-refractivity contribution in [3.63, 3.8) is 0 Å². The molecule has 3 rings (SSSR count). The number of hydrogen-bond acceptors (Lipinski definition) is 3. The summed E-state index contributed by atoms with van der Waals surface area (Å²) in [5, 5.41) is 9.41. The molecule has 1 amide bonds. The number of anilines is 1. The first-order valence-electron chi connectivity index (χ1n) is 9.91. The monoisotopic (exact) mass is 412 g/mol. The van der Waals surface area contributed by atoms with Gasteiger partial charge in [-0.2, -0.15) is 5.10 Å². The third kappa shape index (κ3) is 4.30. The van der Waals surface area contributed by atoms with Crippen LogP contribution in [0.4, 0.5) is 5.69 Å². The summed E-state index contributed by atoms with van der Waals surface area (Å²) in [7, 11) is 0. The molecule has 0 spiro atoms. The average molecular weight is 413 g/mol. The van der Waals surface area contributed by atoms with Crippen LogP contribution in [0.1, 0.15) is 55.3 Å². The Labute approximate surface area is 177 Å². The first-order chi connectivity index (χ1) is 13.5. The highest BCUT2D eigenvalue weighted by molar-refractivity contribution is 6.31. The van der Waals surface area contributed by atoms with Gasteiger partial charge in [0.15, 0.2) is 5.65 Å². The van der Waals surface area contributed by atoms with Gasteiger partial charge in [-0.25, -0.2) is 9.67 Å². The molecule has 5 nitrogen and oxygen atoms in total. The van der Waals surface area contributed by atoms with Crippen LogP contribution in [0.3, 0.4) is 0 Å². The molecular weight excluding hydrogens is 384 g/mol. The summed E-state index contributed by atoms with van der Waals surface area (Å²) in [5.41, 5.74) is 6.71. The molecule has 0 atom stereocenters. The van der Waals surface area contributed by atoms with Crippen molar-refractivity contribution in [2.45, 2.75) is 66.8 Å². The molecule has 3 aromatic rings. The number of aryl methyl sites for hydroxylation is 4. The minimum absolute atomic E-state index is 0.0311. The van der Waals surface area contributed by atoms with E-state index in [-0.39, 0.29) is 11.4 Å². The molecule has 1 aromatic carbocycles. The van der Waals surface area contributed by atoms with E-state index in [0.29, 0.717) is 17.9 Å². The molecule has 0 fully saturated rings. The molecule has 0 saturated carbocycles. The van der Waals surface area contributed by atoms with Crippen molar-refractivity contribution in [3.8, 4) is 0 Å². The first-order valence-corrected chi connectivity index (χ1v) is 10.3. The summed E-state index contributed by atoms with van der Waals surface area (Å²) in [6.45, 7) is 14.5. The van der Waals surface area contributed by atoms with Gasteiger partial charge in [0.2, 0.25) is 5.91 Å². The third-order valence-corrected chi connectivity index (χ3v) is 5.52. The van der Waals surface area contributed by atoms with E-state index in [1.807, 2.05) is 37.6 Å². The number of carbonyl (C=O) groups is 1. The van der Waals surface area contributed by atoms with Crippen molar-refractivity contribution in [1.82, 2.24) is 14.8 Å². The van der Waals surface area contributed by atoms with E-state index in [2.05, 4.69) is 33.0 Å². The number of amides is 1. The second-order valence-electron chi connectivity index (χ2n) is 8.67. The lowest BCUT2D eigenvalue weighted by molar-refractivity contribution is -0.116. The lowest BCUT2D eigenvalue weighted by atomic mass is 9.99. The summed E-state index contributed by atoms with van der Waals surface area (Å²) in [4.78, 5) is 17.4. The standard InChI is InChI=1S/C23H29ClN4O/c1-13-8-9-17(24)12-19(13)26-20(29)11-10-18-14(2)21-16(4)27-28(23(5,6)7)22(21)25-15(18)3/h8-9,12H,10-11H2,1-7H3,(H,26,29).